The van der Waals surface area contributed by atoms with Crippen molar-refractivity contribution < 1.29 is 14.6 Å². The lowest BCUT2D eigenvalue weighted by atomic mass is 10.2. The Morgan fingerprint density at radius 1 is 1.12 bits per heavy atom. The molecule has 1 aromatic heterocycles. The zero-order valence-electron chi connectivity index (χ0n) is 12.2. The van der Waals surface area contributed by atoms with Crippen molar-refractivity contribution in [2.24, 2.45) is 10.2 Å². The second-order valence-electron chi connectivity index (χ2n) is 4.85. The molecular formula is C16H11Br2N3O3. The van der Waals surface area contributed by atoms with E-state index in [1.807, 2.05) is 18.2 Å². The van der Waals surface area contributed by atoms with E-state index in [1.54, 1.807) is 24.3 Å². The summed E-state index contributed by atoms with van der Waals surface area (Å²) in [5.41, 5.74) is 0.909. The number of carbonyl (C=O) groups is 1. The molecule has 0 bridgehead atoms. The molecule has 122 valence electrons. The Balaban J connectivity index is 1.71. The second-order valence-corrected chi connectivity index (χ2v) is 6.68. The van der Waals surface area contributed by atoms with Gasteiger partial charge in [-0.15, -0.1) is 10.2 Å². The first-order valence-electron chi connectivity index (χ1n) is 6.86. The van der Waals surface area contributed by atoms with Gasteiger partial charge in [-0.3, -0.25) is 4.79 Å². The topological polar surface area (TPSA) is 87.0 Å². The zero-order chi connectivity index (χ0) is 17.1. The van der Waals surface area contributed by atoms with Crippen LogP contribution in [-0.2, 0) is 4.79 Å². The first-order chi connectivity index (χ1) is 11.5. The van der Waals surface area contributed by atoms with Crippen LogP contribution in [0.2, 0.25) is 0 Å². The molecule has 8 heteroatoms. The molecule has 0 fully saturated rings. The summed E-state index contributed by atoms with van der Waals surface area (Å²) in [7, 11) is 0. The number of nitrogens with zero attached hydrogens (tertiary/aromatic N) is 2. The van der Waals surface area contributed by atoms with Crippen molar-refractivity contribution in [3.63, 3.8) is 0 Å². The molecule has 0 aliphatic rings. The molecule has 0 spiro atoms. The number of halogens is 2. The van der Waals surface area contributed by atoms with Crippen molar-refractivity contribution in [1.82, 2.24) is 4.98 Å². The fourth-order valence-electron chi connectivity index (χ4n) is 2.05. The number of carbonyl (C=O) groups excluding carboxylic acids is 1. The Kier molecular flexibility index (Phi) is 4.96. The molecule has 1 heterocycles. The highest BCUT2D eigenvalue weighted by Gasteiger charge is 2.11. The number of benzene rings is 2. The molecule has 2 aromatic carbocycles. The van der Waals surface area contributed by atoms with E-state index in [4.69, 9.17) is 4.74 Å². The van der Waals surface area contributed by atoms with Crippen LogP contribution in [0.3, 0.4) is 0 Å². The van der Waals surface area contributed by atoms with Crippen LogP contribution in [0.15, 0.2) is 61.6 Å². The lowest BCUT2D eigenvalue weighted by Crippen LogP contribution is -2.07. The standard InChI is InChI=1S/C16H11Br2N3O3/c17-9-1-4-11(5-2-9)24-8-14(22)20-21-15-12-7-10(18)3-6-13(12)19-16(15)23/h1-7,19,23H,8H2. The van der Waals surface area contributed by atoms with E-state index < -0.39 is 5.91 Å². The van der Waals surface area contributed by atoms with Crippen molar-refractivity contribution in [2.45, 2.75) is 0 Å². The Bertz CT molecular complexity index is 920. The number of azo groups is 1. The van der Waals surface area contributed by atoms with Gasteiger partial charge in [-0.25, -0.2) is 0 Å². The summed E-state index contributed by atoms with van der Waals surface area (Å²) in [5, 5.41) is 18.0. The molecule has 0 atom stereocenters. The Morgan fingerprint density at radius 3 is 2.58 bits per heavy atom. The highest BCUT2D eigenvalue weighted by Crippen LogP contribution is 2.36. The van der Waals surface area contributed by atoms with E-state index in [-0.39, 0.29) is 18.2 Å². The number of hydrogen-bond acceptors (Lipinski definition) is 4. The summed E-state index contributed by atoms with van der Waals surface area (Å²) in [6.45, 7) is -0.238. The van der Waals surface area contributed by atoms with E-state index >= 15 is 0 Å². The van der Waals surface area contributed by atoms with Gasteiger partial charge in [-0.1, -0.05) is 31.9 Å². The average Bonchev–Trinajstić information content (AvgIpc) is 2.87. The van der Waals surface area contributed by atoms with Crippen LogP contribution in [0.5, 0.6) is 11.6 Å². The molecular weight excluding hydrogens is 442 g/mol. The molecule has 2 N–H and O–H groups in total. The minimum absolute atomic E-state index is 0.145. The predicted octanol–water partition coefficient (Wildman–Crippen LogP) is 5.09. The smallest absolute Gasteiger partial charge is 0.302 e. The van der Waals surface area contributed by atoms with Gasteiger partial charge in [-0.05, 0) is 42.5 Å². The number of rotatable bonds is 4. The third kappa shape index (κ3) is 3.82. The number of H-pyrrole nitrogens is 1. The minimum Gasteiger partial charge on any atom is -0.493 e. The maximum Gasteiger partial charge on any atom is 0.302 e. The van der Waals surface area contributed by atoms with Crippen molar-refractivity contribution >= 4 is 54.4 Å². The molecule has 3 rings (SSSR count). The number of hydrogen-bond donors (Lipinski definition) is 2. The second kappa shape index (κ2) is 7.14. The fourth-order valence-corrected chi connectivity index (χ4v) is 2.67. The van der Waals surface area contributed by atoms with Gasteiger partial charge in [0.05, 0.1) is 5.52 Å². The maximum atomic E-state index is 11.8. The summed E-state index contributed by atoms with van der Waals surface area (Å²) >= 11 is 6.67. The van der Waals surface area contributed by atoms with Crippen molar-refractivity contribution in [3.05, 3.63) is 51.4 Å². The van der Waals surface area contributed by atoms with Crippen LogP contribution < -0.4 is 4.74 Å². The van der Waals surface area contributed by atoms with Crippen LogP contribution in [0.1, 0.15) is 0 Å². The Morgan fingerprint density at radius 2 is 1.83 bits per heavy atom. The molecule has 0 radical (unpaired) electrons. The number of nitrogens with one attached hydrogen (secondary N) is 1. The molecule has 0 aliphatic carbocycles. The summed E-state index contributed by atoms with van der Waals surface area (Å²) < 4.78 is 7.07. The molecule has 1 amide bonds. The predicted molar refractivity (Wildman–Crippen MR) is 96.8 cm³/mol. The number of fused-ring (bicyclic) bond motifs is 1. The van der Waals surface area contributed by atoms with Crippen LogP contribution in [0, 0.1) is 0 Å². The number of aromatic amines is 1. The third-order valence-corrected chi connectivity index (χ3v) is 4.17. The largest absolute Gasteiger partial charge is 0.493 e. The lowest BCUT2D eigenvalue weighted by molar-refractivity contribution is -0.120. The van der Waals surface area contributed by atoms with Crippen molar-refractivity contribution in [2.75, 3.05) is 6.61 Å². The van der Waals surface area contributed by atoms with E-state index in [9.17, 15) is 9.90 Å². The average molecular weight is 453 g/mol. The number of aromatic hydroxyl groups is 1. The van der Waals surface area contributed by atoms with Crippen LogP contribution >= 0.6 is 31.9 Å². The van der Waals surface area contributed by atoms with Crippen molar-refractivity contribution in [1.29, 1.82) is 0 Å². The molecule has 24 heavy (non-hydrogen) atoms. The number of amides is 1. The number of aromatic nitrogens is 1. The Hall–Kier alpha value is -2.19. The van der Waals surface area contributed by atoms with E-state index in [2.05, 4.69) is 47.1 Å². The minimum atomic E-state index is -0.554. The first-order valence-corrected chi connectivity index (χ1v) is 8.44. The quantitative estimate of drug-likeness (QED) is 0.540. The highest BCUT2D eigenvalue weighted by atomic mass is 79.9. The molecule has 3 aromatic rings. The summed E-state index contributed by atoms with van der Waals surface area (Å²) in [5.74, 6) is -0.143. The summed E-state index contributed by atoms with van der Waals surface area (Å²) in [6, 6.07) is 12.5. The maximum absolute atomic E-state index is 11.8. The van der Waals surface area contributed by atoms with Gasteiger partial charge in [0.1, 0.15) is 5.75 Å². The number of ether oxygens (including phenoxy) is 1. The monoisotopic (exact) mass is 451 g/mol. The Labute approximate surface area is 153 Å². The van der Waals surface area contributed by atoms with Crippen LogP contribution in [-0.4, -0.2) is 22.6 Å². The van der Waals surface area contributed by atoms with Gasteiger partial charge in [0.2, 0.25) is 5.88 Å². The van der Waals surface area contributed by atoms with Gasteiger partial charge < -0.3 is 14.8 Å². The summed E-state index contributed by atoms with van der Waals surface area (Å²) in [6.07, 6.45) is 0. The third-order valence-electron chi connectivity index (χ3n) is 3.15. The SMILES string of the molecule is O=C(COc1ccc(Br)cc1)N=Nc1c(O)[nH]c2ccc(Br)cc12. The van der Waals surface area contributed by atoms with Gasteiger partial charge >= 0.3 is 5.91 Å². The molecule has 0 unspecified atom stereocenters. The van der Waals surface area contributed by atoms with Gasteiger partial charge in [0.25, 0.3) is 0 Å². The van der Waals surface area contributed by atoms with Crippen LogP contribution in [0.4, 0.5) is 5.69 Å². The van der Waals surface area contributed by atoms with Gasteiger partial charge in [0, 0.05) is 14.3 Å². The normalized spacial score (nSPS) is 11.2. The van der Waals surface area contributed by atoms with E-state index in [1.165, 1.54) is 0 Å². The lowest BCUT2D eigenvalue weighted by Gasteiger charge is -2.02. The molecule has 0 aliphatic heterocycles. The summed E-state index contributed by atoms with van der Waals surface area (Å²) in [4.78, 5) is 14.6. The van der Waals surface area contributed by atoms with E-state index in [0.717, 1.165) is 8.95 Å². The van der Waals surface area contributed by atoms with Crippen LogP contribution in [0.25, 0.3) is 10.9 Å². The first kappa shape index (κ1) is 16.7. The zero-order valence-corrected chi connectivity index (χ0v) is 15.3. The molecule has 0 saturated carbocycles. The van der Waals surface area contributed by atoms with E-state index in [0.29, 0.717) is 16.7 Å². The van der Waals surface area contributed by atoms with Gasteiger partial charge in [0.15, 0.2) is 12.3 Å². The highest BCUT2D eigenvalue weighted by molar-refractivity contribution is 9.10. The molecule has 6 nitrogen and oxygen atoms in total. The van der Waals surface area contributed by atoms with Crippen molar-refractivity contribution in [3.8, 4) is 11.6 Å². The fraction of sp³-hybridized carbons (Fsp3) is 0.0625. The molecule has 0 saturated heterocycles. The van der Waals surface area contributed by atoms with Gasteiger partial charge in [-0.2, -0.15) is 0 Å².